The number of nitrogens with one attached hydrogen (secondary N) is 1. The molecule has 0 saturated heterocycles. The van der Waals surface area contributed by atoms with Gasteiger partial charge in [-0.2, -0.15) is 10.1 Å². The van der Waals surface area contributed by atoms with Gasteiger partial charge in [-0.05, 0) is 37.0 Å². The molecule has 1 aliphatic carbocycles. The third-order valence-electron chi connectivity index (χ3n) is 4.64. The minimum atomic E-state index is -0.257. The quantitative estimate of drug-likeness (QED) is 0.920. The molecular formula is C18H20N4O2. The zero-order valence-electron chi connectivity index (χ0n) is 14.0. The number of rotatable bonds is 2. The van der Waals surface area contributed by atoms with Crippen LogP contribution in [0, 0.1) is 12.8 Å². The Bertz CT molecular complexity index is 852. The lowest BCUT2D eigenvalue weighted by atomic mass is 9.81. The molecule has 0 amide bonds. The Balaban J connectivity index is 1.91. The number of Topliss-reactive ketones (excluding diaryl/α,β-unsaturated/α-hetero) is 1. The molecule has 0 unspecified atom stereocenters. The standard InChI is InChI=1S/C18H20N4O2/c1-10-7-14-16(15(23)8-10)17(12-5-4-6-13(9-12)24-3)22-18(20-14)19-11(2)21-22/h4-6,9-10,17H,7-8H2,1-3H3,(H,19,20,21)/t10-,17-/m0/s1. The van der Waals surface area contributed by atoms with Crippen LogP contribution in [0.1, 0.15) is 37.2 Å². The summed E-state index contributed by atoms with van der Waals surface area (Å²) in [4.78, 5) is 17.3. The number of benzene rings is 1. The molecule has 124 valence electrons. The van der Waals surface area contributed by atoms with Crippen LogP contribution < -0.4 is 10.1 Å². The van der Waals surface area contributed by atoms with Crippen molar-refractivity contribution < 1.29 is 9.53 Å². The third-order valence-corrected chi connectivity index (χ3v) is 4.64. The van der Waals surface area contributed by atoms with E-state index >= 15 is 0 Å². The molecular weight excluding hydrogens is 304 g/mol. The van der Waals surface area contributed by atoms with E-state index in [1.54, 1.807) is 7.11 Å². The fraction of sp³-hybridized carbons (Fsp3) is 0.389. The summed E-state index contributed by atoms with van der Waals surface area (Å²) in [5.41, 5.74) is 2.77. The SMILES string of the molecule is COc1cccc([C@H]2C3=C(C[C@H](C)CC3=O)Nc3nc(C)nn32)c1. The van der Waals surface area contributed by atoms with Crippen LogP contribution in [0.3, 0.4) is 0 Å². The predicted molar refractivity (Wildman–Crippen MR) is 89.9 cm³/mol. The summed E-state index contributed by atoms with van der Waals surface area (Å²) in [6.45, 7) is 3.97. The first kappa shape index (κ1) is 14.9. The Morgan fingerprint density at radius 3 is 2.96 bits per heavy atom. The van der Waals surface area contributed by atoms with E-state index in [0.29, 0.717) is 24.1 Å². The van der Waals surface area contributed by atoms with Crippen LogP contribution in [-0.2, 0) is 4.79 Å². The average Bonchev–Trinajstić information content (AvgIpc) is 2.92. The van der Waals surface area contributed by atoms with Crippen molar-refractivity contribution in [2.45, 2.75) is 32.7 Å². The highest BCUT2D eigenvalue weighted by atomic mass is 16.5. The van der Waals surface area contributed by atoms with Crippen molar-refractivity contribution in [1.29, 1.82) is 0 Å². The summed E-state index contributed by atoms with van der Waals surface area (Å²) in [5, 5.41) is 7.85. The van der Waals surface area contributed by atoms with Gasteiger partial charge in [-0.25, -0.2) is 4.68 Å². The van der Waals surface area contributed by atoms with Gasteiger partial charge in [0.05, 0.1) is 7.11 Å². The number of hydrogen-bond donors (Lipinski definition) is 1. The Kier molecular flexibility index (Phi) is 3.40. The van der Waals surface area contributed by atoms with Crippen LogP contribution >= 0.6 is 0 Å². The van der Waals surface area contributed by atoms with Gasteiger partial charge in [0.15, 0.2) is 5.78 Å². The zero-order valence-corrected chi connectivity index (χ0v) is 14.0. The highest BCUT2D eigenvalue weighted by Gasteiger charge is 2.38. The number of ether oxygens (including phenoxy) is 1. The van der Waals surface area contributed by atoms with Gasteiger partial charge in [-0.15, -0.1) is 0 Å². The molecule has 2 aromatic rings. The van der Waals surface area contributed by atoms with E-state index in [1.165, 1.54) is 0 Å². The Labute approximate surface area is 140 Å². The van der Waals surface area contributed by atoms with Crippen molar-refractivity contribution in [3.05, 3.63) is 46.9 Å². The lowest BCUT2D eigenvalue weighted by Gasteiger charge is -2.34. The minimum Gasteiger partial charge on any atom is -0.497 e. The van der Waals surface area contributed by atoms with E-state index < -0.39 is 0 Å². The second kappa shape index (κ2) is 5.47. The molecule has 0 bridgehead atoms. The third kappa shape index (κ3) is 2.29. The highest BCUT2D eigenvalue weighted by Crippen LogP contribution is 2.41. The maximum absolute atomic E-state index is 12.8. The van der Waals surface area contributed by atoms with Gasteiger partial charge in [-0.3, -0.25) is 4.79 Å². The number of nitrogens with zero attached hydrogens (tertiary/aromatic N) is 3. The van der Waals surface area contributed by atoms with Crippen LogP contribution in [0.15, 0.2) is 35.5 Å². The zero-order chi connectivity index (χ0) is 16.8. The number of ketones is 1. The summed E-state index contributed by atoms with van der Waals surface area (Å²) in [6.07, 6.45) is 1.43. The molecule has 4 rings (SSSR count). The number of allylic oxidation sites excluding steroid dienone is 2. The van der Waals surface area contributed by atoms with Gasteiger partial charge >= 0.3 is 0 Å². The molecule has 0 spiro atoms. The monoisotopic (exact) mass is 324 g/mol. The number of aromatic nitrogens is 3. The second-order valence-electron chi connectivity index (χ2n) is 6.56. The number of methoxy groups -OCH3 is 1. The average molecular weight is 324 g/mol. The normalized spacial score (nSPS) is 22.7. The van der Waals surface area contributed by atoms with Crippen LogP contribution in [0.5, 0.6) is 5.75 Å². The molecule has 0 radical (unpaired) electrons. The first-order valence-electron chi connectivity index (χ1n) is 8.17. The molecule has 1 aliphatic heterocycles. The Morgan fingerprint density at radius 2 is 2.17 bits per heavy atom. The summed E-state index contributed by atoms with van der Waals surface area (Å²) < 4.78 is 7.17. The van der Waals surface area contributed by atoms with Crippen molar-refractivity contribution in [3.63, 3.8) is 0 Å². The predicted octanol–water partition coefficient (Wildman–Crippen LogP) is 2.86. The largest absolute Gasteiger partial charge is 0.497 e. The number of aryl methyl sites for hydroxylation is 1. The van der Waals surface area contributed by atoms with Crippen molar-refractivity contribution in [1.82, 2.24) is 14.8 Å². The Hall–Kier alpha value is -2.63. The Morgan fingerprint density at radius 1 is 1.33 bits per heavy atom. The van der Waals surface area contributed by atoms with E-state index in [9.17, 15) is 4.79 Å². The molecule has 1 N–H and O–H groups in total. The summed E-state index contributed by atoms with van der Waals surface area (Å²) in [6, 6.07) is 7.56. The maximum Gasteiger partial charge on any atom is 0.226 e. The lowest BCUT2D eigenvalue weighted by Crippen LogP contribution is -2.33. The van der Waals surface area contributed by atoms with Crippen molar-refractivity contribution >= 4 is 11.7 Å². The second-order valence-corrected chi connectivity index (χ2v) is 6.56. The number of carbonyl (C=O) groups excluding carboxylic acids is 1. The smallest absolute Gasteiger partial charge is 0.226 e. The molecule has 2 heterocycles. The number of carbonyl (C=O) groups is 1. The molecule has 0 fully saturated rings. The lowest BCUT2D eigenvalue weighted by molar-refractivity contribution is -0.117. The first-order valence-corrected chi connectivity index (χ1v) is 8.17. The van der Waals surface area contributed by atoms with Crippen LogP contribution in [0.4, 0.5) is 5.95 Å². The van der Waals surface area contributed by atoms with Crippen molar-refractivity contribution in [2.24, 2.45) is 5.92 Å². The molecule has 2 aliphatic rings. The first-order chi connectivity index (χ1) is 11.6. The summed E-state index contributed by atoms with van der Waals surface area (Å²) >= 11 is 0. The van der Waals surface area contributed by atoms with E-state index in [2.05, 4.69) is 22.3 Å². The number of anilines is 1. The fourth-order valence-electron chi connectivity index (χ4n) is 3.63. The molecule has 1 aromatic carbocycles. The van der Waals surface area contributed by atoms with E-state index in [-0.39, 0.29) is 11.8 Å². The maximum atomic E-state index is 12.8. The van der Waals surface area contributed by atoms with E-state index in [1.807, 2.05) is 35.9 Å². The van der Waals surface area contributed by atoms with Gasteiger partial charge in [0, 0.05) is 17.7 Å². The van der Waals surface area contributed by atoms with Gasteiger partial charge in [0.2, 0.25) is 5.95 Å². The number of hydrogen-bond acceptors (Lipinski definition) is 5. The van der Waals surface area contributed by atoms with Crippen LogP contribution in [-0.4, -0.2) is 27.7 Å². The van der Waals surface area contributed by atoms with Crippen LogP contribution in [0.25, 0.3) is 0 Å². The van der Waals surface area contributed by atoms with Gasteiger partial charge in [0.25, 0.3) is 0 Å². The molecule has 2 atom stereocenters. The molecule has 0 saturated carbocycles. The minimum absolute atomic E-state index is 0.183. The molecule has 6 heteroatoms. The number of fused-ring (bicyclic) bond motifs is 1. The summed E-state index contributed by atoms with van der Waals surface area (Å²) in [5.74, 6) is 2.67. The van der Waals surface area contributed by atoms with Crippen LogP contribution in [0.2, 0.25) is 0 Å². The van der Waals surface area contributed by atoms with Gasteiger partial charge in [0.1, 0.15) is 17.6 Å². The van der Waals surface area contributed by atoms with E-state index in [4.69, 9.17) is 4.74 Å². The van der Waals surface area contributed by atoms with Gasteiger partial charge < -0.3 is 10.1 Å². The molecule has 6 nitrogen and oxygen atoms in total. The van der Waals surface area contributed by atoms with Crippen molar-refractivity contribution in [2.75, 3.05) is 12.4 Å². The topological polar surface area (TPSA) is 69.0 Å². The summed E-state index contributed by atoms with van der Waals surface area (Å²) in [7, 11) is 1.64. The fourth-order valence-corrected chi connectivity index (χ4v) is 3.63. The van der Waals surface area contributed by atoms with Gasteiger partial charge in [-0.1, -0.05) is 19.1 Å². The highest BCUT2D eigenvalue weighted by molar-refractivity contribution is 5.99. The molecule has 24 heavy (non-hydrogen) atoms. The van der Waals surface area contributed by atoms with Crippen molar-refractivity contribution in [3.8, 4) is 5.75 Å². The van der Waals surface area contributed by atoms with E-state index in [0.717, 1.165) is 29.0 Å². The molecule has 1 aromatic heterocycles.